The summed E-state index contributed by atoms with van der Waals surface area (Å²) in [6.07, 6.45) is 0. The van der Waals surface area contributed by atoms with Gasteiger partial charge in [-0.1, -0.05) is 38.5 Å². The molecule has 0 aliphatic heterocycles. The predicted octanol–water partition coefficient (Wildman–Crippen LogP) is 3.44. The average molecular weight is 233 g/mol. The molecular formula is C15H23NO. The van der Waals surface area contributed by atoms with E-state index < -0.39 is 0 Å². The second kappa shape index (κ2) is 5.35. The lowest BCUT2D eigenvalue weighted by Gasteiger charge is -2.26. The van der Waals surface area contributed by atoms with Crippen molar-refractivity contribution in [3.05, 3.63) is 29.8 Å². The summed E-state index contributed by atoms with van der Waals surface area (Å²) in [6, 6.07) is 8.32. The largest absolute Gasteiger partial charge is 0.364 e. The highest BCUT2D eigenvalue weighted by molar-refractivity contribution is 5.88. The second-order valence-electron chi connectivity index (χ2n) is 5.52. The number of carbonyl (C=O) groups is 1. The summed E-state index contributed by atoms with van der Waals surface area (Å²) in [6.45, 7) is 11.4. The second-order valence-corrected chi connectivity index (χ2v) is 5.52. The molecule has 0 amide bonds. The number of benzene rings is 1. The van der Waals surface area contributed by atoms with Crippen molar-refractivity contribution in [2.75, 3.05) is 18.0 Å². The molecule has 0 radical (unpaired) electrons. The molecule has 94 valence electrons. The number of aryl methyl sites for hydroxylation is 1. The van der Waals surface area contributed by atoms with Gasteiger partial charge in [-0.15, -0.1) is 0 Å². The first-order chi connectivity index (χ1) is 7.84. The van der Waals surface area contributed by atoms with Crippen LogP contribution in [-0.2, 0) is 4.79 Å². The maximum atomic E-state index is 12.0. The smallest absolute Gasteiger partial charge is 0.157 e. The summed E-state index contributed by atoms with van der Waals surface area (Å²) >= 11 is 0. The Hall–Kier alpha value is -1.31. The van der Waals surface area contributed by atoms with Crippen LogP contribution in [0.1, 0.15) is 33.3 Å². The van der Waals surface area contributed by atoms with Gasteiger partial charge in [0.1, 0.15) is 0 Å². The van der Waals surface area contributed by atoms with E-state index in [2.05, 4.69) is 43.0 Å². The Balaban J connectivity index is 2.79. The quantitative estimate of drug-likeness (QED) is 0.794. The number of Topliss-reactive ketones (excluding diaryl/α,β-unsaturated/α-hetero) is 1. The van der Waals surface area contributed by atoms with Crippen molar-refractivity contribution in [1.29, 1.82) is 0 Å². The first kappa shape index (κ1) is 13.8. The molecule has 0 spiro atoms. The summed E-state index contributed by atoms with van der Waals surface area (Å²) < 4.78 is 0. The minimum atomic E-state index is -0.266. The van der Waals surface area contributed by atoms with Crippen molar-refractivity contribution in [3.63, 3.8) is 0 Å². The fourth-order valence-electron chi connectivity index (χ4n) is 1.55. The molecule has 0 aliphatic rings. The van der Waals surface area contributed by atoms with Crippen LogP contribution >= 0.6 is 0 Å². The van der Waals surface area contributed by atoms with Crippen LogP contribution in [0.5, 0.6) is 0 Å². The fourth-order valence-corrected chi connectivity index (χ4v) is 1.55. The van der Waals surface area contributed by atoms with Crippen molar-refractivity contribution in [2.24, 2.45) is 5.41 Å². The molecule has 0 bridgehead atoms. The Bertz CT molecular complexity index is 373. The molecule has 0 N–H and O–H groups in total. The van der Waals surface area contributed by atoms with Gasteiger partial charge in [-0.3, -0.25) is 4.79 Å². The summed E-state index contributed by atoms with van der Waals surface area (Å²) in [5.41, 5.74) is 2.10. The molecule has 17 heavy (non-hydrogen) atoms. The van der Waals surface area contributed by atoms with Crippen LogP contribution in [0.3, 0.4) is 0 Å². The third-order valence-electron chi connectivity index (χ3n) is 2.95. The van der Waals surface area contributed by atoms with Gasteiger partial charge in [-0.05, 0) is 26.0 Å². The van der Waals surface area contributed by atoms with Crippen molar-refractivity contribution in [1.82, 2.24) is 0 Å². The molecule has 0 atom stereocenters. The predicted molar refractivity (Wildman–Crippen MR) is 73.5 cm³/mol. The maximum Gasteiger partial charge on any atom is 0.157 e. The molecule has 0 saturated heterocycles. The van der Waals surface area contributed by atoms with Crippen LogP contribution in [0.15, 0.2) is 24.3 Å². The van der Waals surface area contributed by atoms with Gasteiger partial charge in [-0.2, -0.15) is 0 Å². The van der Waals surface area contributed by atoms with Gasteiger partial charge in [0.2, 0.25) is 0 Å². The highest BCUT2D eigenvalue weighted by Gasteiger charge is 2.23. The molecule has 1 rings (SSSR count). The molecule has 0 aromatic heterocycles. The Morgan fingerprint density at radius 1 is 1.18 bits per heavy atom. The van der Waals surface area contributed by atoms with E-state index in [0.717, 1.165) is 12.2 Å². The number of likely N-dealkylation sites (N-methyl/N-ethyl adjacent to an activating group) is 1. The third-order valence-corrected chi connectivity index (χ3v) is 2.95. The fraction of sp³-hybridized carbons (Fsp3) is 0.533. The van der Waals surface area contributed by atoms with Crippen LogP contribution < -0.4 is 4.90 Å². The average Bonchev–Trinajstić information content (AvgIpc) is 2.25. The molecule has 0 fully saturated rings. The summed E-state index contributed by atoms with van der Waals surface area (Å²) in [7, 11) is 0. The highest BCUT2D eigenvalue weighted by Crippen LogP contribution is 2.19. The van der Waals surface area contributed by atoms with Crippen LogP contribution in [0.25, 0.3) is 0 Å². The maximum absolute atomic E-state index is 12.0. The lowest BCUT2D eigenvalue weighted by molar-refractivity contribution is -0.124. The van der Waals surface area contributed by atoms with Gasteiger partial charge in [0.15, 0.2) is 5.78 Å². The van der Waals surface area contributed by atoms with Gasteiger partial charge < -0.3 is 4.90 Å². The lowest BCUT2D eigenvalue weighted by Crippen LogP contribution is -2.35. The van der Waals surface area contributed by atoms with E-state index in [9.17, 15) is 4.79 Å². The van der Waals surface area contributed by atoms with Crippen molar-refractivity contribution in [2.45, 2.75) is 34.6 Å². The van der Waals surface area contributed by atoms with E-state index in [-0.39, 0.29) is 11.2 Å². The molecule has 0 unspecified atom stereocenters. The van der Waals surface area contributed by atoms with Crippen molar-refractivity contribution < 1.29 is 4.79 Å². The van der Waals surface area contributed by atoms with Crippen molar-refractivity contribution >= 4 is 11.5 Å². The van der Waals surface area contributed by atoms with Gasteiger partial charge in [0.25, 0.3) is 0 Å². The lowest BCUT2D eigenvalue weighted by atomic mass is 9.90. The summed E-state index contributed by atoms with van der Waals surface area (Å²) in [4.78, 5) is 14.2. The zero-order chi connectivity index (χ0) is 13.1. The Kier molecular flexibility index (Phi) is 4.33. The molecule has 1 aromatic rings. The monoisotopic (exact) mass is 233 g/mol. The molecule has 0 saturated carbocycles. The normalized spacial score (nSPS) is 11.4. The molecule has 1 aromatic carbocycles. The van der Waals surface area contributed by atoms with E-state index in [1.165, 1.54) is 5.56 Å². The van der Waals surface area contributed by atoms with Crippen LogP contribution in [0.4, 0.5) is 5.69 Å². The standard InChI is InChI=1S/C15H23NO/c1-6-16(11-14(17)15(3,4)5)13-9-7-12(2)8-10-13/h7-10H,6,11H2,1-5H3. The number of rotatable bonds is 4. The number of hydrogen-bond donors (Lipinski definition) is 0. The van der Waals surface area contributed by atoms with Gasteiger partial charge >= 0.3 is 0 Å². The van der Waals surface area contributed by atoms with E-state index in [0.29, 0.717) is 6.54 Å². The van der Waals surface area contributed by atoms with Crippen molar-refractivity contribution in [3.8, 4) is 0 Å². The SMILES string of the molecule is CCN(CC(=O)C(C)(C)C)c1ccc(C)cc1. The molecule has 0 aliphatic carbocycles. The highest BCUT2D eigenvalue weighted by atomic mass is 16.1. The number of nitrogens with zero attached hydrogens (tertiary/aromatic N) is 1. The van der Waals surface area contributed by atoms with Gasteiger partial charge in [-0.25, -0.2) is 0 Å². The summed E-state index contributed by atoms with van der Waals surface area (Å²) in [5.74, 6) is 0.278. The number of anilines is 1. The molecule has 0 heterocycles. The zero-order valence-corrected chi connectivity index (χ0v) is 11.6. The molecule has 2 heteroatoms. The Labute approximate surface area is 105 Å². The zero-order valence-electron chi connectivity index (χ0n) is 11.6. The molecular weight excluding hydrogens is 210 g/mol. The third kappa shape index (κ3) is 3.88. The van der Waals surface area contributed by atoms with Crippen LogP contribution in [0, 0.1) is 12.3 Å². The van der Waals surface area contributed by atoms with Crippen LogP contribution in [-0.4, -0.2) is 18.9 Å². The van der Waals surface area contributed by atoms with E-state index in [4.69, 9.17) is 0 Å². The topological polar surface area (TPSA) is 20.3 Å². The minimum absolute atomic E-state index is 0.266. The Morgan fingerprint density at radius 3 is 2.12 bits per heavy atom. The minimum Gasteiger partial charge on any atom is -0.364 e. The first-order valence-electron chi connectivity index (χ1n) is 6.19. The number of carbonyl (C=O) groups excluding carboxylic acids is 1. The van der Waals surface area contributed by atoms with Crippen LogP contribution in [0.2, 0.25) is 0 Å². The number of ketones is 1. The van der Waals surface area contributed by atoms with Gasteiger partial charge in [0, 0.05) is 17.6 Å². The first-order valence-corrected chi connectivity index (χ1v) is 6.19. The van der Waals surface area contributed by atoms with E-state index in [1.54, 1.807) is 0 Å². The van der Waals surface area contributed by atoms with Gasteiger partial charge in [0.05, 0.1) is 6.54 Å². The Morgan fingerprint density at radius 2 is 1.71 bits per heavy atom. The summed E-state index contributed by atoms with van der Waals surface area (Å²) in [5, 5.41) is 0. The molecule has 2 nitrogen and oxygen atoms in total. The van der Waals surface area contributed by atoms with E-state index >= 15 is 0 Å². The number of hydrogen-bond acceptors (Lipinski definition) is 2. The van der Waals surface area contributed by atoms with E-state index in [1.807, 2.05) is 20.8 Å².